The maximum absolute atomic E-state index is 11.6. The Bertz CT molecular complexity index is 854. The highest BCUT2D eigenvalue weighted by atomic mass is 16.5. The Morgan fingerprint density at radius 2 is 1.73 bits per heavy atom. The van der Waals surface area contributed by atoms with Gasteiger partial charge in [0.1, 0.15) is 11.5 Å². The van der Waals surface area contributed by atoms with Gasteiger partial charge in [0.15, 0.2) is 0 Å². The molecule has 0 aliphatic heterocycles. The van der Waals surface area contributed by atoms with Gasteiger partial charge in [0.05, 0.1) is 12.7 Å². The number of carbonyl (C=O) groups is 1. The van der Waals surface area contributed by atoms with E-state index in [4.69, 9.17) is 4.74 Å². The Morgan fingerprint density at radius 3 is 2.36 bits per heavy atom. The van der Waals surface area contributed by atoms with Crippen LogP contribution in [0.5, 0.6) is 11.5 Å². The molecule has 0 heterocycles. The van der Waals surface area contributed by atoms with Crippen molar-refractivity contribution in [3.8, 4) is 22.6 Å². The van der Waals surface area contributed by atoms with Crippen LogP contribution in [0.2, 0.25) is 0 Å². The first-order chi connectivity index (χ1) is 10.6. The molecule has 0 atom stereocenters. The zero-order valence-electron chi connectivity index (χ0n) is 11.9. The Labute approximate surface area is 127 Å². The molecule has 4 heteroatoms. The summed E-state index contributed by atoms with van der Waals surface area (Å²) >= 11 is 0. The van der Waals surface area contributed by atoms with Crippen molar-refractivity contribution >= 4 is 16.7 Å². The van der Waals surface area contributed by atoms with E-state index in [9.17, 15) is 15.0 Å². The lowest BCUT2D eigenvalue weighted by Gasteiger charge is -2.13. The number of carboxylic acids is 1. The predicted molar refractivity (Wildman–Crippen MR) is 84.6 cm³/mol. The van der Waals surface area contributed by atoms with Gasteiger partial charge >= 0.3 is 5.97 Å². The summed E-state index contributed by atoms with van der Waals surface area (Å²) in [4.78, 5) is 11.6. The summed E-state index contributed by atoms with van der Waals surface area (Å²) in [6, 6.07) is 15.8. The average Bonchev–Trinajstić information content (AvgIpc) is 2.55. The Hall–Kier alpha value is -3.01. The summed E-state index contributed by atoms with van der Waals surface area (Å²) in [6.07, 6.45) is 0. The van der Waals surface area contributed by atoms with Gasteiger partial charge in [-0.05, 0) is 35.2 Å². The van der Waals surface area contributed by atoms with Crippen LogP contribution >= 0.6 is 0 Å². The summed E-state index contributed by atoms with van der Waals surface area (Å²) < 4.78 is 5.17. The van der Waals surface area contributed by atoms with Crippen molar-refractivity contribution in [2.45, 2.75) is 0 Å². The molecule has 3 aromatic rings. The highest BCUT2D eigenvalue weighted by Crippen LogP contribution is 2.38. The number of phenolic OH excluding ortho intramolecular Hbond substituents is 1. The number of aromatic hydroxyl groups is 1. The molecule has 110 valence electrons. The Morgan fingerprint density at radius 1 is 1.00 bits per heavy atom. The molecule has 0 saturated carbocycles. The minimum Gasteiger partial charge on any atom is -0.507 e. The van der Waals surface area contributed by atoms with Crippen LogP contribution in [0, 0.1) is 0 Å². The monoisotopic (exact) mass is 294 g/mol. The van der Waals surface area contributed by atoms with Crippen LogP contribution in [0.15, 0.2) is 54.6 Å². The Balaban J connectivity index is 2.43. The molecule has 0 aromatic heterocycles. The molecule has 3 rings (SSSR count). The van der Waals surface area contributed by atoms with Crippen molar-refractivity contribution in [1.82, 2.24) is 0 Å². The van der Waals surface area contributed by atoms with Crippen LogP contribution in [0.4, 0.5) is 0 Å². The van der Waals surface area contributed by atoms with Crippen molar-refractivity contribution in [3.63, 3.8) is 0 Å². The van der Waals surface area contributed by atoms with Crippen molar-refractivity contribution in [2.75, 3.05) is 7.11 Å². The summed E-state index contributed by atoms with van der Waals surface area (Å²) in [6.45, 7) is 0. The van der Waals surface area contributed by atoms with Crippen molar-refractivity contribution in [2.24, 2.45) is 0 Å². The molecule has 0 radical (unpaired) electrons. The molecule has 0 unspecified atom stereocenters. The van der Waals surface area contributed by atoms with Gasteiger partial charge < -0.3 is 14.9 Å². The maximum Gasteiger partial charge on any atom is 0.336 e. The van der Waals surface area contributed by atoms with E-state index in [1.165, 1.54) is 6.07 Å². The van der Waals surface area contributed by atoms with Gasteiger partial charge in [0, 0.05) is 10.9 Å². The van der Waals surface area contributed by atoms with Gasteiger partial charge in [-0.2, -0.15) is 0 Å². The lowest BCUT2D eigenvalue weighted by atomic mass is 9.92. The first kappa shape index (κ1) is 13.9. The van der Waals surface area contributed by atoms with E-state index in [0.29, 0.717) is 22.1 Å². The molecule has 3 aromatic carbocycles. The second kappa shape index (κ2) is 5.41. The van der Waals surface area contributed by atoms with Crippen molar-refractivity contribution in [1.29, 1.82) is 0 Å². The average molecular weight is 294 g/mol. The number of phenols is 1. The van der Waals surface area contributed by atoms with E-state index in [1.807, 2.05) is 30.3 Å². The van der Waals surface area contributed by atoms with Gasteiger partial charge in [-0.15, -0.1) is 0 Å². The number of methoxy groups -OCH3 is 1. The predicted octanol–water partition coefficient (Wildman–Crippen LogP) is 3.92. The third-order valence-corrected chi connectivity index (χ3v) is 3.62. The van der Waals surface area contributed by atoms with E-state index < -0.39 is 5.97 Å². The van der Waals surface area contributed by atoms with Crippen molar-refractivity contribution < 1.29 is 19.7 Å². The number of ether oxygens (including phenoxy) is 1. The summed E-state index contributed by atoms with van der Waals surface area (Å²) in [5, 5.41) is 20.9. The highest BCUT2D eigenvalue weighted by Gasteiger charge is 2.18. The second-order valence-electron chi connectivity index (χ2n) is 4.90. The molecule has 4 nitrogen and oxygen atoms in total. The van der Waals surface area contributed by atoms with Crippen LogP contribution in [0.3, 0.4) is 0 Å². The van der Waals surface area contributed by atoms with Crippen LogP contribution in [-0.2, 0) is 0 Å². The van der Waals surface area contributed by atoms with Gasteiger partial charge in [0.2, 0.25) is 0 Å². The van der Waals surface area contributed by atoms with Crippen LogP contribution in [0.1, 0.15) is 10.4 Å². The maximum atomic E-state index is 11.6. The zero-order chi connectivity index (χ0) is 15.7. The largest absolute Gasteiger partial charge is 0.507 e. The standard InChI is InChI=1S/C18H14O4/c1-22-12-7-8-13-14(9-12)16(19)10-15(18(20)21)17(13)11-5-3-2-4-6-11/h2-10,19H,1H3,(H,20,21). The minimum atomic E-state index is -1.08. The lowest BCUT2D eigenvalue weighted by molar-refractivity contribution is 0.0697. The fourth-order valence-electron chi connectivity index (χ4n) is 2.60. The number of benzene rings is 3. The van der Waals surface area contributed by atoms with E-state index >= 15 is 0 Å². The van der Waals surface area contributed by atoms with E-state index in [1.54, 1.807) is 25.3 Å². The van der Waals surface area contributed by atoms with Gasteiger partial charge in [-0.25, -0.2) is 4.79 Å². The number of hydrogen-bond acceptors (Lipinski definition) is 3. The molecule has 0 aliphatic rings. The van der Waals surface area contributed by atoms with Crippen molar-refractivity contribution in [3.05, 3.63) is 60.2 Å². The van der Waals surface area contributed by atoms with E-state index in [0.717, 1.165) is 5.56 Å². The molecule has 0 fully saturated rings. The molecule has 0 amide bonds. The molecule has 0 spiro atoms. The molecular formula is C18H14O4. The number of carboxylic acid groups (broad SMARTS) is 1. The van der Waals surface area contributed by atoms with E-state index in [-0.39, 0.29) is 11.3 Å². The number of hydrogen-bond donors (Lipinski definition) is 2. The SMILES string of the molecule is COc1ccc2c(-c3ccccc3)c(C(=O)O)cc(O)c2c1. The first-order valence-corrected chi connectivity index (χ1v) is 6.74. The topological polar surface area (TPSA) is 66.8 Å². The molecule has 2 N–H and O–H groups in total. The third-order valence-electron chi connectivity index (χ3n) is 3.62. The fourth-order valence-corrected chi connectivity index (χ4v) is 2.60. The normalized spacial score (nSPS) is 10.6. The van der Waals surface area contributed by atoms with Gasteiger partial charge in [0.25, 0.3) is 0 Å². The summed E-state index contributed by atoms with van der Waals surface area (Å²) in [7, 11) is 1.54. The van der Waals surface area contributed by atoms with E-state index in [2.05, 4.69) is 0 Å². The number of aromatic carboxylic acids is 1. The third kappa shape index (κ3) is 2.24. The second-order valence-corrected chi connectivity index (χ2v) is 4.90. The molecule has 0 aliphatic carbocycles. The minimum absolute atomic E-state index is 0.0707. The highest BCUT2D eigenvalue weighted by molar-refractivity contribution is 6.10. The van der Waals surface area contributed by atoms with Crippen LogP contribution < -0.4 is 4.74 Å². The van der Waals surface area contributed by atoms with Gasteiger partial charge in [-0.1, -0.05) is 30.3 Å². The number of rotatable bonds is 3. The summed E-state index contributed by atoms with van der Waals surface area (Å²) in [5.74, 6) is -0.553. The quantitative estimate of drug-likeness (QED) is 0.768. The van der Waals surface area contributed by atoms with Crippen LogP contribution in [-0.4, -0.2) is 23.3 Å². The smallest absolute Gasteiger partial charge is 0.336 e. The molecular weight excluding hydrogens is 280 g/mol. The first-order valence-electron chi connectivity index (χ1n) is 6.74. The fraction of sp³-hybridized carbons (Fsp3) is 0.0556. The molecule has 0 bridgehead atoms. The van der Waals surface area contributed by atoms with Crippen LogP contribution in [0.25, 0.3) is 21.9 Å². The van der Waals surface area contributed by atoms with Gasteiger partial charge in [-0.3, -0.25) is 0 Å². The molecule has 22 heavy (non-hydrogen) atoms. The zero-order valence-corrected chi connectivity index (χ0v) is 11.9. The molecule has 0 saturated heterocycles. The summed E-state index contributed by atoms with van der Waals surface area (Å²) in [5.41, 5.74) is 1.44. The Kier molecular flexibility index (Phi) is 3.43. The number of fused-ring (bicyclic) bond motifs is 1. The lowest BCUT2D eigenvalue weighted by Crippen LogP contribution is -2.00.